The molecule has 2 aliphatic rings. The van der Waals surface area contributed by atoms with Crippen molar-refractivity contribution in [3.63, 3.8) is 0 Å². The van der Waals surface area contributed by atoms with Gasteiger partial charge in [-0.3, -0.25) is 0 Å². The number of rotatable bonds is 1. The van der Waals surface area contributed by atoms with E-state index >= 15 is 0 Å². The summed E-state index contributed by atoms with van der Waals surface area (Å²) in [4.78, 5) is 10.5. The standard InChI is InChI=1S/C18H15N3OS/c1-2-6-15-14(5-1)22-17-11(4-3-7-16(17)23-15)18-20-12-8-9-19-10-13(12)21-18/h1-7,19H,8-10H2,(H,20,21). The molecule has 2 N–H and O–H groups in total. The Balaban J connectivity index is 1.62. The molecule has 1 aromatic heterocycles. The summed E-state index contributed by atoms with van der Waals surface area (Å²) < 4.78 is 6.20. The molecule has 0 saturated heterocycles. The zero-order valence-corrected chi connectivity index (χ0v) is 13.2. The minimum Gasteiger partial charge on any atom is -0.454 e. The number of nitrogens with one attached hydrogen (secondary N) is 2. The molecule has 3 aromatic rings. The van der Waals surface area contributed by atoms with Crippen molar-refractivity contribution in [3.05, 3.63) is 53.9 Å². The van der Waals surface area contributed by atoms with Crippen molar-refractivity contribution in [2.45, 2.75) is 22.8 Å². The van der Waals surface area contributed by atoms with Gasteiger partial charge in [0.05, 0.1) is 26.7 Å². The summed E-state index contributed by atoms with van der Waals surface area (Å²) in [7, 11) is 0. The Labute approximate surface area is 138 Å². The van der Waals surface area contributed by atoms with Crippen LogP contribution in [0.15, 0.2) is 52.3 Å². The lowest BCUT2D eigenvalue weighted by Crippen LogP contribution is -2.23. The molecule has 0 fully saturated rings. The lowest BCUT2D eigenvalue weighted by Gasteiger charge is -2.21. The maximum Gasteiger partial charge on any atom is 0.152 e. The van der Waals surface area contributed by atoms with Crippen LogP contribution in [0, 0.1) is 0 Å². The molecule has 0 aliphatic carbocycles. The largest absolute Gasteiger partial charge is 0.454 e. The molecule has 0 unspecified atom stereocenters. The van der Waals surface area contributed by atoms with Gasteiger partial charge < -0.3 is 15.0 Å². The van der Waals surface area contributed by atoms with Gasteiger partial charge in [-0.05, 0) is 24.3 Å². The highest BCUT2D eigenvalue weighted by molar-refractivity contribution is 7.99. The Hall–Kier alpha value is -2.24. The Bertz CT molecular complexity index is 880. The van der Waals surface area contributed by atoms with Crippen molar-refractivity contribution in [2.75, 3.05) is 6.54 Å². The molecule has 2 aromatic carbocycles. The van der Waals surface area contributed by atoms with E-state index in [1.54, 1.807) is 11.8 Å². The second kappa shape index (κ2) is 5.15. The topological polar surface area (TPSA) is 49.9 Å². The number of hydrogen-bond donors (Lipinski definition) is 2. The Morgan fingerprint density at radius 3 is 2.91 bits per heavy atom. The number of benzene rings is 2. The molecule has 0 atom stereocenters. The van der Waals surface area contributed by atoms with Crippen molar-refractivity contribution in [1.29, 1.82) is 0 Å². The minimum absolute atomic E-state index is 0.857. The lowest BCUT2D eigenvalue weighted by molar-refractivity contribution is 0.456. The highest BCUT2D eigenvalue weighted by Gasteiger charge is 2.23. The molecule has 0 spiro atoms. The van der Waals surface area contributed by atoms with Crippen LogP contribution in [0.5, 0.6) is 11.5 Å². The van der Waals surface area contributed by atoms with Crippen molar-refractivity contribution in [3.8, 4) is 22.9 Å². The van der Waals surface area contributed by atoms with Gasteiger partial charge in [0, 0.05) is 19.5 Å². The quantitative estimate of drug-likeness (QED) is 0.557. The summed E-state index contributed by atoms with van der Waals surface area (Å²) in [5.74, 6) is 2.71. The van der Waals surface area contributed by atoms with Gasteiger partial charge in [0.2, 0.25) is 0 Å². The highest BCUT2D eigenvalue weighted by Crippen LogP contribution is 2.50. The number of ether oxygens (including phenoxy) is 1. The van der Waals surface area contributed by atoms with Crippen molar-refractivity contribution >= 4 is 11.8 Å². The van der Waals surface area contributed by atoms with E-state index in [2.05, 4.69) is 34.6 Å². The number of aromatic amines is 1. The van der Waals surface area contributed by atoms with Crippen LogP contribution >= 0.6 is 11.8 Å². The molecular formula is C18H15N3OS. The Morgan fingerprint density at radius 2 is 1.96 bits per heavy atom. The molecule has 0 bridgehead atoms. The van der Waals surface area contributed by atoms with Gasteiger partial charge in [0.25, 0.3) is 0 Å². The number of para-hydroxylation sites is 2. The second-order valence-electron chi connectivity index (χ2n) is 5.72. The zero-order valence-electron chi connectivity index (χ0n) is 12.4. The molecule has 23 heavy (non-hydrogen) atoms. The highest BCUT2D eigenvalue weighted by atomic mass is 32.2. The second-order valence-corrected chi connectivity index (χ2v) is 6.80. The van der Waals surface area contributed by atoms with Crippen LogP contribution in [0.2, 0.25) is 0 Å². The van der Waals surface area contributed by atoms with Crippen LogP contribution < -0.4 is 10.1 Å². The first-order valence-corrected chi connectivity index (χ1v) is 8.57. The predicted octanol–water partition coefficient (Wildman–Crippen LogP) is 3.98. The number of nitrogens with zero attached hydrogens (tertiary/aromatic N) is 1. The summed E-state index contributed by atoms with van der Waals surface area (Å²) in [5, 5.41) is 3.37. The van der Waals surface area contributed by atoms with Crippen molar-refractivity contribution in [1.82, 2.24) is 15.3 Å². The average molecular weight is 321 g/mol. The summed E-state index contributed by atoms with van der Waals surface area (Å²) in [6.07, 6.45) is 0.972. The van der Waals surface area contributed by atoms with E-state index in [0.29, 0.717) is 0 Å². The fourth-order valence-corrected chi connectivity index (χ4v) is 4.07. The first-order valence-electron chi connectivity index (χ1n) is 7.75. The summed E-state index contributed by atoms with van der Waals surface area (Å²) in [5.41, 5.74) is 3.38. The van der Waals surface area contributed by atoms with E-state index in [9.17, 15) is 0 Å². The van der Waals surface area contributed by atoms with Gasteiger partial charge in [-0.15, -0.1) is 0 Å². The third kappa shape index (κ3) is 2.16. The lowest BCUT2D eigenvalue weighted by atomic mass is 10.2. The molecule has 0 amide bonds. The van der Waals surface area contributed by atoms with Crippen LogP contribution in [-0.2, 0) is 13.0 Å². The third-order valence-corrected chi connectivity index (χ3v) is 5.32. The summed E-state index contributed by atoms with van der Waals surface area (Å²) in [6, 6.07) is 14.4. The van der Waals surface area contributed by atoms with Crippen LogP contribution in [0.4, 0.5) is 0 Å². The molecule has 0 radical (unpaired) electrons. The number of H-pyrrole nitrogens is 1. The van der Waals surface area contributed by atoms with E-state index in [0.717, 1.165) is 52.2 Å². The van der Waals surface area contributed by atoms with Crippen LogP contribution in [0.25, 0.3) is 11.4 Å². The monoisotopic (exact) mass is 321 g/mol. The summed E-state index contributed by atoms with van der Waals surface area (Å²) in [6.45, 7) is 1.85. The van der Waals surface area contributed by atoms with Crippen molar-refractivity contribution in [2.24, 2.45) is 0 Å². The van der Waals surface area contributed by atoms with Crippen LogP contribution in [0.3, 0.4) is 0 Å². The first-order chi connectivity index (χ1) is 11.4. The molecule has 0 saturated carbocycles. The van der Waals surface area contributed by atoms with Gasteiger partial charge in [0.15, 0.2) is 5.75 Å². The zero-order chi connectivity index (χ0) is 15.2. The van der Waals surface area contributed by atoms with Crippen LogP contribution in [-0.4, -0.2) is 16.5 Å². The molecule has 114 valence electrons. The van der Waals surface area contributed by atoms with E-state index in [1.807, 2.05) is 18.2 Å². The van der Waals surface area contributed by atoms with Gasteiger partial charge in [0.1, 0.15) is 11.6 Å². The Kier molecular flexibility index (Phi) is 2.96. The van der Waals surface area contributed by atoms with E-state index in [4.69, 9.17) is 9.72 Å². The van der Waals surface area contributed by atoms with Gasteiger partial charge in [-0.1, -0.05) is 30.0 Å². The molecule has 5 rings (SSSR count). The van der Waals surface area contributed by atoms with Gasteiger partial charge in [-0.2, -0.15) is 0 Å². The van der Waals surface area contributed by atoms with E-state index in [1.165, 1.54) is 11.4 Å². The number of aromatic nitrogens is 2. The van der Waals surface area contributed by atoms with Gasteiger partial charge >= 0.3 is 0 Å². The fourth-order valence-electron chi connectivity index (χ4n) is 3.08. The minimum atomic E-state index is 0.857. The van der Waals surface area contributed by atoms with Gasteiger partial charge in [-0.25, -0.2) is 4.98 Å². The average Bonchev–Trinajstić information content (AvgIpc) is 3.03. The predicted molar refractivity (Wildman–Crippen MR) is 90.1 cm³/mol. The maximum atomic E-state index is 6.20. The molecule has 3 heterocycles. The number of fused-ring (bicyclic) bond motifs is 3. The smallest absolute Gasteiger partial charge is 0.152 e. The molecular weight excluding hydrogens is 306 g/mol. The Morgan fingerprint density at radius 1 is 1.04 bits per heavy atom. The first kappa shape index (κ1) is 13.2. The maximum absolute atomic E-state index is 6.20. The number of imidazole rings is 1. The normalized spacial score (nSPS) is 15.3. The third-order valence-electron chi connectivity index (χ3n) is 4.22. The fraction of sp³-hybridized carbons (Fsp3) is 0.167. The van der Waals surface area contributed by atoms with Crippen LogP contribution in [0.1, 0.15) is 11.4 Å². The van der Waals surface area contributed by atoms with Crippen molar-refractivity contribution < 1.29 is 4.74 Å². The van der Waals surface area contributed by atoms with E-state index < -0.39 is 0 Å². The number of hydrogen-bond acceptors (Lipinski definition) is 4. The molecule has 4 nitrogen and oxygen atoms in total. The summed E-state index contributed by atoms with van der Waals surface area (Å²) >= 11 is 1.75. The molecule has 5 heteroatoms. The van der Waals surface area contributed by atoms with E-state index in [-0.39, 0.29) is 0 Å². The molecule has 2 aliphatic heterocycles. The SMILES string of the molecule is c1ccc2c(c1)Oc1c(cccc1-c1nc3c([nH]1)CNCC3)S2.